The van der Waals surface area contributed by atoms with Gasteiger partial charge in [-0.3, -0.25) is 0 Å². The fourth-order valence-corrected chi connectivity index (χ4v) is 8.12. The Morgan fingerprint density at radius 2 is 1.30 bits per heavy atom. The van der Waals surface area contributed by atoms with Crippen LogP contribution in [0.25, 0.3) is 0 Å². The molecule has 0 bridgehead atoms. The summed E-state index contributed by atoms with van der Waals surface area (Å²) in [6.07, 6.45) is 1.85. The lowest BCUT2D eigenvalue weighted by atomic mass is 10.5. The fraction of sp³-hybridized carbons (Fsp3) is 0.688. The van der Waals surface area contributed by atoms with E-state index in [1.807, 2.05) is 0 Å². The van der Waals surface area contributed by atoms with Gasteiger partial charge in [0.25, 0.3) is 8.32 Å². The van der Waals surface area contributed by atoms with E-state index in [4.69, 9.17) is 9.16 Å². The predicted molar refractivity (Wildman–Crippen MR) is 89.3 cm³/mol. The second kappa shape index (κ2) is 9.49. The van der Waals surface area contributed by atoms with Crippen LogP contribution in [0.5, 0.6) is 0 Å². The monoisotopic (exact) mass is 344 g/mol. The molecule has 0 spiro atoms. The van der Waals surface area contributed by atoms with Gasteiger partial charge in [-0.1, -0.05) is 41.5 Å². The van der Waals surface area contributed by atoms with Gasteiger partial charge >= 0.3 is 17.9 Å². The van der Waals surface area contributed by atoms with Crippen LogP contribution in [-0.2, 0) is 28.3 Å². The number of ether oxygens (including phenoxy) is 2. The van der Waals surface area contributed by atoms with Gasteiger partial charge in [0.1, 0.15) is 0 Å². The van der Waals surface area contributed by atoms with E-state index in [0.717, 1.165) is 12.2 Å². The smallest absolute Gasteiger partial charge is 0.331 e. The fourth-order valence-electron chi connectivity index (χ4n) is 2.96. The minimum atomic E-state index is -2.34. The molecule has 132 valence electrons. The summed E-state index contributed by atoms with van der Waals surface area (Å²) in [7, 11) is -1.14. The van der Waals surface area contributed by atoms with E-state index in [1.165, 1.54) is 7.11 Å². The van der Waals surface area contributed by atoms with Crippen molar-refractivity contribution in [3.05, 3.63) is 12.2 Å². The van der Waals surface area contributed by atoms with E-state index < -0.39 is 32.8 Å². The van der Waals surface area contributed by atoms with Gasteiger partial charge in [0.15, 0.2) is 6.61 Å². The third-order valence-electron chi connectivity index (χ3n) is 3.89. The summed E-state index contributed by atoms with van der Waals surface area (Å²) < 4.78 is 15.0. The van der Waals surface area contributed by atoms with Crippen molar-refractivity contribution in [1.29, 1.82) is 0 Å². The molecule has 0 atom stereocenters. The van der Waals surface area contributed by atoms with Gasteiger partial charge in [0, 0.05) is 12.2 Å². The molecule has 0 unspecified atom stereocenters. The van der Waals surface area contributed by atoms with Crippen molar-refractivity contribution >= 4 is 26.2 Å². The highest BCUT2D eigenvalue weighted by molar-refractivity contribution is 6.78. The summed E-state index contributed by atoms with van der Waals surface area (Å²) >= 11 is 0. The van der Waals surface area contributed by atoms with Crippen LogP contribution in [-0.4, -0.2) is 39.9 Å². The maximum absolute atomic E-state index is 12.1. The standard InChI is InChI=1S/C16H28O6Si/c1-11(2)23(12(3)4,13(5)6)22-16(19)10-21-15(18)9-8-14(17)20-7/h8-9,11-13H,10H2,1-7H3/b9-8-. The first-order valence-corrected chi connectivity index (χ1v) is 9.86. The minimum absolute atomic E-state index is 0.251. The van der Waals surface area contributed by atoms with Crippen LogP contribution in [0.1, 0.15) is 41.5 Å². The maximum Gasteiger partial charge on any atom is 0.331 e. The molecular formula is C16H28O6Si. The van der Waals surface area contributed by atoms with Crippen LogP contribution in [0.2, 0.25) is 16.6 Å². The number of methoxy groups -OCH3 is 1. The molecule has 0 saturated carbocycles. The van der Waals surface area contributed by atoms with Gasteiger partial charge in [-0.2, -0.15) is 0 Å². The van der Waals surface area contributed by atoms with E-state index in [0.29, 0.717) is 0 Å². The maximum atomic E-state index is 12.1. The van der Waals surface area contributed by atoms with Gasteiger partial charge in [0.2, 0.25) is 0 Å². The van der Waals surface area contributed by atoms with Crippen molar-refractivity contribution in [3.63, 3.8) is 0 Å². The summed E-state index contributed by atoms with van der Waals surface area (Å²) in [5.41, 5.74) is 0.754. The van der Waals surface area contributed by atoms with Crippen molar-refractivity contribution < 1.29 is 28.3 Å². The first-order valence-electron chi connectivity index (χ1n) is 7.72. The van der Waals surface area contributed by atoms with Crippen LogP contribution in [0.15, 0.2) is 12.2 Å². The Hall–Kier alpha value is -1.63. The van der Waals surface area contributed by atoms with Crippen LogP contribution in [0.4, 0.5) is 0 Å². The zero-order chi connectivity index (χ0) is 18.2. The zero-order valence-electron chi connectivity index (χ0n) is 15.0. The van der Waals surface area contributed by atoms with E-state index in [1.54, 1.807) is 0 Å². The number of carbonyl (C=O) groups is 3. The Labute approximate surface area is 139 Å². The highest BCUT2D eigenvalue weighted by Crippen LogP contribution is 2.42. The number of rotatable bonds is 8. The molecule has 0 aromatic rings. The molecule has 0 N–H and O–H groups in total. The van der Waals surface area contributed by atoms with Crippen molar-refractivity contribution in [2.45, 2.75) is 58.2 Å². The molecule has 0 aromatic carbocycles. The number of carbonyl (C=O) groups excluding carboxylic acids is 3. The van der Waals surface area contributed by atoms with Gasteiger partial charge in [-0.05, 0) is 16.6 Å². The molecule has 7 heteroatoms. The largest absolute Gasteiger partial charge is 0.516 e. The van der Waals surface area contributed by atoms with Crippen LogP contribution in [0.3, 0.4) is 0 Å². The van der Waals surface area contributed by atoms with Gasteiger partial charge in [-0.15, -0.1) is 0 Å². The molecule has 0 heterocycles. The summed E-state index contributed by atoms with van der Waals surface area (Å²) in [5, 5.41) is 0. The zero-order valence-corrected chi connectivity index (χ0v) is 16.0. The van der Waals surface area contributed by atoms with E-state index >= 15 is 0 Å². The Morgan fingerprint density at radius 1 is 0.870 bits per heavy atom. The molecule has 0 fully saturated rings. The summed E-state index contributed by atoms with van der Waals surface area (Å²) in [4.78, 5) is 34.4. The second-order valence-corrected chi connectivity index (χ2v) is 11.6. The number of hydrogen-bond acceptors (Lipinski definition) is 6. The van der Waals surface area contributed by atoms with Gasteiger partial charge in [0.05, 0.1) is 7.11 Å². The molecule has 6 nitrogen and oxygen atoms in total. The summed E-state index contributed by atoms with van der Waals surface area (Å²) in [6, 6.07) is 0. The number of hydrogen-bond donors (Lipinski definition) is 0. The molecule has 0 aliphatic heterocycles. The van der Waals surface area contributed by atoms with Gasteiger partial charge < -0.3 is 13.9 Å². The van der Waals surface area contributed by atoms with Crippen molar-refractivity contribution in [2.24, 2.45) is 0 Å². The quantitative estimate of drug-likeness (QED) is 0.383. The molecule has 0 aliphatic rings. The summed E-state index contributed by atoms with van der Waals surface area (Å²) in [6.45, 7) is 11.9. The third kappa shape index (κ3) is 6.17. The van der Waals surface area contributed by atoms with Crippen LogP contribution in [0, 0.1) is 0 Å². The van der Waals surface area contributed by atoms with Crippen molar-refractivity contribution in [1.82, 2.24) is 0 Å². The molecular weight excluding hydrogens is 316 g/mol. The molecule has 0 rings (SSSR count). The number of esters is 2. The van der Waals surface area contributed by atoms with Crippen LogP contribution < -0.4 is 0 Å². The minimum Gasteiger partial charge on any atom is -0.516 e. The molecule has 0 aliphatic carbocycles. The first-order chi connectivity index (χ1) is 10.6. The predicted octanol–water partition coefficient (Wildman–Crippen LogP) is 2.98. The van der Waals surface area contributed by atoms with Crippen LogP contribution >= 0.6 is 0 Å². The lowest BCUT2D eigenvalue weighted by Crippen LogP contribution is -2.49. The molecule has 23 heavy (non-hydrogen) atoms. The lowest BCUT2D eigenvalue weighted by Gasteiger charge is -2.41. The lowest BCUT2D eigenvalue weighted by molar-refractivity contribution is -0.151. The van der Waals surface area contributed by atoms with Crippen molar-refractivity contribution in [2.75, 3.05) is 13.7 Å². The van der Waals surface area contributed by atoms with E-state index in [-0.39, 0.29) is 16.6 Å². The summed E-state index contributed by atoms with van der Waals surface area (Å²) in [5.74, 6) is -2.01. The van der Waals surface area contributed by atoms with Gasteiger partial charge in [-0.25, -0.2) is 14.4 Å². The van der Waals surface area contributed by atoms with Crippen molar-refractivity contribution in [3.8, 4) is 0 Å². The Balaban J connectivity index is 4.76. The van der Waals surface area contributed by atoms with E-state index in [2.05, 4.69) is 46.3 Å². The second-order valence-electron chi connectivity index (χ2n) is 6.26. The Morgan fingerprint density at radius 3 is 1.70 bits per heavy atom. The Kier molecular flexibility index (Phi) is 8.82. The first kappa shape index (κ1) is 21.4. The van der Waals surface area contributed by atoms with E-state index in [9.17, 15) is 14.4 Å². The highest BCUT2D eigenvalue weighted by Gasteiger charge is 2.48. The molecule has 0 saturated heterocycles. The highest BCUT2D eigenvalue weighted by atomic mass is 28.4. The normalized spacial score (nSPS) is 12.1. The molecule has 0 amide bonds. The molecule has 0 aromatic heterocycles. The third-order valence-corrected chi connectivity index (χ3v) is 9.88. The average Bonchev–Trinajstić information content (AvgIpc) is 2.46. The SMILES string of the molecule is COC(=O)/C=C\C(=O)OCC(=O)O[Si](C(C)C)(C(C)C)C(C)C. The molecule has 0 radical (unpaired) electrons. The average molecular weight is 344 g/mol. The topological polar surface area (TPSA) is 78.9 Å². The Bertz CT molecular complexity index is 432.